The third-order valence-corrected chi connectivity index (χ3v) is 2.99. The van der Waals surface area contributed by atoms with Crippen molar-refractivity contribution in [1.29, 1.82) is 0 Å². The lowest BCUT2D eigenvalue weighted by Gasteiger charge is -2.33. The number of carbonyl (C=O) groups is 2. The molecule has 92 valence electrons. The Hall–Kier alpha value is -1.30. The zero-order chi connectivity index (χ0) is 12.3. The number of likely N-dealkylation sites (tertiary alicyclic amines) is 1. The number of aliphatic hydroxyl groups is 1. The van der Waals surface area contributed by atoms with Crippen LogP contribution in [0.3, 0.4) is 0 Å². The molecule has 0 radical (unpaired) electrons. The molecule has 1 heterocycles. The molecule has 0 saturated carbocycles. The van der Waals surface area contributed by atoms with Crippen LogP contribution in [0.5, 0.6) is 0 Å². The van der Waals surface area contributed by atoms with Gasteiger partial charge in [0.1, 0.15) is 11.8 Å². The Kier molecular flexibility index (Phi) is 3.74. The van der Waals surface area contributed by atoms with Gasteiger partial charge in [0.2, 0.25) is 0 Å². The predicted octanol–water partition coefficient (Wildman–Crippen LogP) is 0.489. The smallest absolute Gasteiger partial charge is 0.412 e. The Morgan fingerprint density at radius 2 is 2.06 bits per heavy atom. The van der Waals surface area contributed by atoms with Crippen LogP contribution in [0.25, 0.3) is 0 Å². The quantitative estimate of drug-likeness (QED) is 0.700. The first-order chi connectivity index (χ1) is 7.50. The van der Waals surface area contributed by atoms with Crippen molar-refractivity contribution in [2.45, 2.75) is 38.0 Å². The molecular weight excluding hydrogens is 214 g/mol. The molecule has 6 nitrogen and oxygen atoms in total. The summed E-state index contributed by atoms with van der Waals surface area (Å²) in [6, 6.07) is -0.762. The second kappa shape index (κ2) is 4.69. The van der Waals surface area contributed by atoms with Crippen molar-refractivity contribution in [1.82, 2.24) is 4.90 Å². The van der Waals surface area contributed by atoms with Gasteiger partial charge >= 0.3 is 12.1 Å². The lowest BCUT2D eigenvalue weighted by atomic mass is 10.1. The fourth-order valence-corrected chi connectivity index (χ4v) is 2.01. The monoisotopic (exact) mass is 231 g/mol. The van der Waals surface area contributed by atoms with Gasteiger partial charge in [-0.3, -0.25) is 4.90 Å². The summed E-state index contributed by atoms with van der Waals surface area (Å²) in [5, 5.41) is 10.2. The highest BCUT2D eigenvalue weighted by Crippen LogP contribution is 2.35. The molecule has 1 rings (SSSR count). The Labute approximate surface area is 94.1 Å². The Bertz CT molecular complexity index is 293. The van der Waals surface area contributed by atoms with E-state index in [0.717, 1.165) is 4.90 Å². The van der Waals surface area contributed by atoms with Crippen LogP contribution in [0, 0.1) is 0 Å². The van der Waals surface area contributed by atoms with E-state index in [1.807, 2.05) is 0 Å². The number of ether oxygens (including phenoxy) is 2. The second-order valence-corrected chi connectivity index (χ2v) is 3.75. The fourth-order valence-electron chi connectivity index (χ4n) is 2.01. The average Bonchev–Trinajstić information content (AvgIpc) is 2.66. The summed E-state index contributed by atoms with van der Waals surface area (Å²) in [6.07, 6.45) is 0.359. The maximum atomic E-state index is 11.6. The van der Waals surface area contributed by atoms with E-state index in [2.05, 4.69) is 9.47 Å². The number of esters is 1. The SMILES string of the molecule is CC[C@]1(O)CC[C@@H](C(=O)OC)N1C(=O)OC. The van der Waals surface area contributed by atoms with Crippen molar-refractivity contribution in [3.8, 4) is 0 Å². The molecule has 16 heavy (non-hydrogen) atoms. The molecule has 1 aliphatic heterocycles. The van der Waals surface area contributed by atoms with Crippen LogP contribution in [0.15, 0.2) is 0 Å². The number of amides is 1. The van der Waals surface area contributed by atoms with Crippen molar-refractivity contribution in [3.05, 3.63) is 0 Å². The standard InChI is InChI=1S/C10H17NO5/c1-4-10(14)6-5-7(8(12)15-2)11(10)9(13)16-3/h7,14H,4-6H2,1-3H3/t7-,10-/m0/s1. The van der Waals surface area contributed by atoms with Gasteiger partial charge in [-0.1, -0.05) is 6.92 Å². The second-order valence-electron chi connectivity index (χ2n) is 3.75. The number of carbonyl (C=O) groups excluding carboxylic acids is 2. The first-order valence-corrected chi connectivity index (χ1v) is 5.17. The highest BCUT2D eigenvalue weighted by atomic mass is 16.6. The van der Waals surface area contributed by atoms with Crippen molar-refractivity contribution in [2.24, 2.45) is 0 Å². The van der Waals surface area contributed by atoms with E-state index >= 15 is 0 Å². The van der Waals surface area contributed by atoms with Crippen molar-refractivity contribution in [3.63, 3.8) is 0 Å². The van der Waals surface area contributed by atoms with E-state index in [4.69, 9.17) is 0 Å². The summed E-state index contributed by atoms with van der Waals surface area (Å²) in [7, 11) is 2.46. The molecule has 0 bridgehead atoms. The lowest BCUT2D eigenvalue weighted by molar-refractivity contribution is -0.152. The van der Waals surface area contributed by atoms with E-state index in [0.29, 0.717) is 19.3 Å². The minimum atomic E-state index is -1.31. The van der Waals surface area contributed by atoms with Crippen LogP contribution in [-0.4, -0.2) is 48.1 Å². The third-order valence-electron chi connectivity index (χ3n) is 2.99. The molecule has 0 aromatic heterocycles. The normalized spacial score (nSPS) is 29.0. The number of methoxy groups -OCH3 is 2. The maximum Gasteiger partial charge on any atom is 0.412 e. The minimum absolute atomic E-state index is 0.343. The number of rotatable bonds is 2. The third kappa shape index (κ3) is 1.97. The number of nitrogens with zero attached hydrogens (tertiary/aromatic N) is 1. The van der Waals surface area contributed by atoms with E-state index in [-0.39, 0.29) is 0 Å². The highest BCUT2D eigenvalue weighted by Gasteiger charge is 2.50. The summed E-state index contributed by atoms with van der Waals surface area (Å²) in [5.41, 5.74) is -1.31. The average molecular weight is 231 g/mol. The first-order valence-electron chi connectivity index (χ1n) is 5.17. The summed E-state index contributed by atoms with van der Waals surface area (Å²) in [5.74, 6) is -0.533. The van der Waals surface area contributed by atoms with Crippen LogP contribution >= 0.6 is 0 Å². The molecule has 0 unspecified atom stereocenters. The summed E-state index contributed by atoms with van der Waals surface area (Å²) in [6.45, 7) is 1.75. The summed E-state index contributed by atoms with van der Waals surface area (Å²) < 4.78 is 9.17. The summed E-state index contributed by atoms with van der Waals surface area (Å²) in [4.78, 5) is 24.1. The maximum absolute atomic E-state index is 11.6. The molecule has 0 aromatic rings. The van der Waals surface area contributed by atoms with Gasteiger partial charge < -0.3 is 14.6 Å². The number of hydrogen-bond donors (Lipinski definition) is 1. The molecule has 1 saturated heterocycles. The minimum Gasteiger partial charge on any atom is -0.467 e. The molecule has 1 fully saturated rings. The van der Waals surface area contributed by atoms with Crippen molar-refractivity contribution in [2.75, 3.05) is 14.2 Å². The summed E-state index contributed by atoms with van der Waals surface area (Å²) >= 11 is 0. The van der Waals surface area contributed by atoms with Crippen molar-refractivity contribution < 1.29 is 24.2 Å². The van der Waals surface area contributed by atoms with Gasteiger partial charge in [0.05, 0.1) is 14.2 Å². The molecule has 1 amide bonds. The first kappa shape index (κ1) is 12.8. The molecule has 2 atom stereocenters. The van der Waals surface area contributed by atoms with E-state index in [1.165, 1.54) is 14.2 Å². The van der Waals surface area contributed by atoms with Gasteiger partial charge in [0.15, 0.2) is 0 Å². The predicted molar refractivity (Wildman–Crippen MR) is 54.5 cm³/mol. The molecule has 0 aliphatic carbocycles. The van der Waals surface area contributed by atoms with Gasteiger partial charge in [-0.05, 0) is 19.3 Å². The zero-order valence-electron chi connectivity index (χ0n) is 9.73. The molecule has 1 N–H and O–H groups in total. The Balaban J connectivity index is 2.97. The molecule has 1 aliphatic rings. The molecular formula is C10H17NO5. The van der Waals surface area contributed by atoms with Crippen LogP contribution < -0.4 is 0 Å². The fraction of sp³-hybridized carbons (Fsp3) is 0.800. The van der Waals surface area contributed by atoms with Crippen molar-refractivity contribution >= 4 is 12.1 Å². The molecule has 0 spiro atoms. The van der Waals surface area contributed by atoms with E-state index < -0.39 is 23.8 Å². The van der Waals surface area contributed by atoms with E-state index in [1.54, 1.807) is 6.92 Å². The van der Waals surface area contributed by atoms with Crippen LogP contribution in [0.2, 0.25) is 0 Å². The van der Waals surface area contributed by atoms with Crippen LogP contribution in [0.1, 0.15) is 26.2 Å². The topological polar surface area (TPSA) is 76.1 Å². The molecule has 6 heteroatoms. The number of hydrogen-bond acceptors (Lipinski definition) is 5. The van der Waals surface area contributed by atoms with Gasteiger partial charge in [-0.2, -0.15) is 0 Å². The van der Waals surface area contributed by atoms with Gasteiger partial charge in [-0.25, -0.2) is 9.59 Å². The van der Waals surface area contributed by atoms with Gasteiger partial charge in [-0.15, -0.1) is 0 Å². The lowest BCUT2D eigenvalue weighted by Crippen LogP contribution is -2.52. The zero-order valence-corrected chi connectivity index (χ0v) is 9.73. The van der Waals surface area contributed by atoms with Crippen LogP contribution in [-0.2, 0) is 14.3 Å². The Morgan fingerprint density at radius 1 is 1.44 bits per heavy atom. The van der Waals surface area contributed by atoms with Gasteiger partial charge in [0.25, 0.3) is 0 Å². The largest absolute Gasteiger partial charge is 0.467 e. The highest BCUT2D eigenvalue weighted by molar-refractivity contribution is 5.82. The molecule has 0 aromatic carbocycles. The van der Waals surface area contributed by atoms with Crippen LogP contribution in [0.4, 0.5) is 4.79 Å². The Morgan fingerprint density at radius 3 is 2.50 bits per heavy atom. The van der Waals surface area contributed by atoms with Gasteiger partial charge in [0, 0.05) is 0 Å². The van der Waals surface area contributed by atoms with E-state index in [9.17, 15) is 14.7 Å².